The van der Waals surface area contributed by atoms with Crippen LogP contribution in [0.15, 0.2) is 18.2 Å². The van der Waals surface area contributed by atoms with Crippen LogP contribution in [0.25, 0.3) is 0 Å². The number of aliphatic hydroxyl groups is 1. The Morgan fingerprint density at radius 3 is 2.21 bits per heavy atom. The van der Waals surface area contributed by atoms with Crippen molar-refractivity contribution in [3.8, 4) is 11.5 Å². The lowest BCUT2D eigenvalue weighted by Crippen LogP contribution is -2.18. The van der Waals surface area contributed by atoms with E-state index in [1.54, 1.807) is 0 Å². The fourth-order valence-corrected chi connectivity index (χ4v) is 1.88. The number of hydrogen-bond donors (Lipinski definition) is 1. The molecule has 0 saturated heterocycles. The first kappa shape index (κ1) is 15.8. The highest BCUT2D eigenvalue weighted by molar-refractivity contribution is 5.43. The van der Waals surface area contributed by atoms with Crippen LogP contribution in [0.3, 0.4) is 0 Å². The zero-order valence-electron chi connectivity index (χ0n) is 12.2. The second-order valence-electron chi connectivity index (χ2n) is 4.18. The van der Waals surface area contributed by atoms with Gasteiger partial charge in [0.15, 0.2) is 11.5 Å². The van der Waals surface area contributed by atoms with Crippen molar-refractivity contribution < 1.29 is 19.3 Å². The van der Waals surface area contributed by atoms with E-state index in [0.29, 0.717) is 31.3 Å². The fraction of sp³-hybridized carbons (Fsp3) is 0.600. The van der Waals surface area contributed by atoms with Gasteiger partial charge in [-0.15, -0.1) is 0 Å². The molecule has 0 aliphatic heterocycles. The van der Waals surface area contributed by atoms with Crippen molar-refractivity contribution in [3.63, 3.8) is 0 Å². The van der Waals surface area contributed by atoms with Gasteiger partial charge in [0.2, 0.25) is 0 Å². The number of hydrogen-bond acceptors (Lipinski definition) is 4. The Bertz CT molecular complexity index is 378. The Kier molecular flexibility index (Phi) is 6.67. The van der Waals surface area contributed by atoms with Crippen molar-refractivity contribution in [1.82, 2.24) is 0 Å². The molecule has 2 atom stereocenters. The third-order valence-electron chi connectivity index (χ3n) is 2.78. The summed E-state index contributed by atoms with van der Waals surface area (Å²) in [6.45, 7) is 9.32. The Hall–Kier alpha value is -1.26. The lowest BCUT2D eigenvalue weighted by atomic mass is 10.0. The predicted octanol–water partition coefficient (Wildman–Crippen LogP) is 2.94. The molecule has 0 fully saturated rings. The monoisotopic (exact) mass is 268 g/mol. The Morgan fingerprint density at radius 2 is 1.63 bits per heavy atom. The van der Waals surface area contributed by atoms with Crippen LogP contribution in [-0.4, -0.2) is 31.0 Å². The zero-order chi connectivity index (χ0) is 14.3. The minimum Gasteiger partial charge on any atom is -0.490 e. The maximum Gasteiger partial charge on any atom is 0.161 e. The van der Waals surface area contributed by atoms with Crippen LogP contribution < -0.4 is 9.47 Å². The van der Waals surface area contributed by atoms with E-state index in [9.17, 15) is 5.11 Å². The highest BCUT2D eigenvalue weighted by Gasteiger charge is 2.18. The molecule has 0 aliphatic carbocycles. The average Bonchev–Trinajstić information content (AvgIpc) is 2.40. The van der Waals surface area contributed by atoms with E-state index in [0.717, 1.165) is 5.56 Å². The summed E-state index contributed by atoms with van der Waals surface area (Å²) in [6, 6.07) is 5.48. The van der Waals surface area contributed by atoms with Gasteiger partial charge in [-0.05, 0) is 45.4 Å². The number of benzene rings is 1. The molecule has 1 N–H and O–H groups in total. The first-order chi connectivity index (χ1) is 9.13. The van der Waals surface area contributed by atoms with Crippen LogP contribution in [0, 0.1) is 0 Å². The molecule has 1 aromatic carbocycles. The highest BCUT2D eigenvalue weighted by Crippen LogP contribution is 2.32. The first-order valence-electron chi connectivity index (χ1n) is 6.83. The summed E-state index contributed by atoms with van der Waals surface area (Å²) in [6.07, 6.45) is -0.924. The molecule has 0 radical (unpaired) electrons. The molecule has 1 aromatic rings. The van der Waals surface area contributed by atoms with Crippen LogP contribution in [0.2, 0.25) is 0 Å². The molecule has 108 valence electrons. The second-order valence-corrected chi connectivity index (χ2v) is 4.18. The van der Waals surface area contributed by atoms with Gasteiger partial charge in [-0.3, -0.25) is 0 Å². The van der Waals surface area contributed by atoms with Gasteiger partial charge in [-0.2, -0.15) is 0 Å². The number of ether oxygens (including phenoxy) is 3. The van der Waals surface area contributed by atoms with Gasteiger partial charge < -0.3 is 19.3 Å². The van der Waals surface area contributed by atoms with Crippen LogP contribution in [-0.2, 0) is 4.74 Å². The summed E-state index contributed by atoms with van der Waals surface area (Å²) in [5.41, 5.74) is 0.771. The van der Waals surface area contributed by atoms with Gasteiger partial charge in [0.1, 0.15) is 6.10 Å². The van der Waals surface area contributed by atoms with E-state index in [-0.39, 0.29) is 6.10 Å². The molecule has 1 rings (SSSR count). The van der Waals surface area contributed by atoms with E-state index in [1.165, 1.54) is 0 Å². The summed E-state index contributed by atoms with van der Waals surface area (Å²) < 4.78 is 16.5. The quantitative estimate of drug-likeness (QED) is 0.787. The van der Waals surface area contributed by atoms with Crippen molar-refractivity contribution in [2.24, 2.45) is 0 Å². The molecule has 0 amide bonds. The van der Waals surface area contributed by atoms with E-state index in [4.69, 9.17) is 14.2 Å². The highest BCUT2D eigenvalue weighted by atomic mass is 16.5. The summed E-state index contributed by atoms with van der Waals surface area (Å²) in [5, 5.41) is 10.2. The van der Waals surface area contributed by atoms with Crippen LogP contribution in [0.5, 0.6) is 11.5 Å². The molecule has 2 unspecified atom stereocenters. The second kappa shape index (κ2) is 8.02. The molecular formula is C15H24O4. The molecule has 4 nitrogen and oxygen atoms in total. The van der Waals surface area contributed by atoms with Crippen molar-refractivity contribution in [1.29, 1.82) is 0 Å². The van der Waals surface area contributed by atoms with Crippen LogP contribution >= 0.6 is 0 Å². The molecule has 19 heavy (non-hydrogen) atoms. The standard InChI is InChI=1S/C15H24O4/c1-5-17-11(4)15(16)12-8-9-13(18-6-2)14(10-12)19-7-3/h8-11,15-16H,5-7H2,1-4H3. The van der Waals surface area contributed by atoms with E-state index >= 15 is 0 Å². The first-order valence-corrected chi connectivity index (χ1v) is 6.83. The van der Waals surface area contributed by atoms with Gasteiger partial charge in [-0.1, -0.05) is 6.07 Å². The molecule has 0 spiro atoms. The number of aliphatic hydroxyl groups excluding tert-OH is 1. The van der Waals surface area contributed by atoms with Crippen molar-refractivity contribution in [2.45, 2.75) is 39.9 Å². The SMILES string of the molecule is CCOc1ccc(C(O)C(C)OCC)cc1OCC. The lowest BCUT2D eigenvalue weighted by Gasteiger charge is -2.20. The maximum atomic E-state index is 10.2. The Balaban J connectivity index is 2.93. The van der Waals surface area contributed by atoms with E-state index in [1.807, 2.05) is 45.9 Å². The Morgan fingerprint density at radius 1 is 1.00 bits per heavy atom. The van der Waals surface area contributed by atoms with Gasteiger partial charge in [0.25, 0.3) is 0 Å². The molecule has 0 bridgehead atoms. The van der Waals surface area contributed by atoms with Crippen molar-refractivity contribution in [3.05, 3.63) is 23.8 Å². The van der Waals surface area contributed by atoms with E-state index in [2.05, 4.69) is 0 Å². The summed E-state index contributed by atoms with van der Waals surface area (Å²) in [5.74, 6) is 1.36. The normalized spacial score (nSPS) is 13.9. The molecule has 0 aromatic heterocycles. The summed E-state index contributed by atoms with van der Waals surface area (Å²) >= 11 is 0. The van der Waals surface area contributed by atoms with Gasteiger partial charge in [0.05, 0.1) is 19.3 Å². The summed E-state index contributed by atoms with van der Waals surface area (Å²) in [7, 11) is 0. The molecule has 0 saturated carbocycles. The largest absolute Gasteiger partial charge is 0.490 e. The Labute approximate surface area is 115 Å². The fourth-order valence-electron chi connectivity index (χ4n) is 1.88. The molecule has 0 heterocycles. The van der Waals surface area contributed by atoms with Gasteiger partial charge >= 0.3 is 0 Å². The van der Waals surface area contributed by atoms with Crippen molar-refractivity contribution >= 4 is 0 Å². The van der Waals surface area contributed by atoms with Gasteiger partial charge in [0, 0.05) is 6.61 Å². The zero-order valence-corrected chi connectivity index (χ0v) is 12.2. The van der Waals surface area contributed by atoms with E-state index < -0.39 is 6.10 Å². The predicted molar refractivity (Wildman–Crippen MR) is 74.8 cm³/mol. The average molecular weight is 268 g/mol. The molecular weight excluding hydrogens is 244 g/mol. The number of rotatable bonds is 8. The van der Waals surface area contributed by atoms with Crippen LogP contribution in [0.1, 0.15) is 39.4 Å². The minimum absolute atomic E-state index is 0.252. The van der Waals surface area contributed by atoms with Crippen LogP contribution in [0.4, 0.5) is 0 Å². The lowest BCUT2D eigenvalue weighted by molar-refractivity contribution is -0.0228. The van der Waals surface area contributed by atoms with Crippen molar-refractivity contribution in [2.75, 3.05) is 19.8 Å². The summed E-state index contributed by atoms with van der Waals surface area (Å²) in [4.78, 5) is 0. The third kappa shape index (κ3) is 4.40. The molecule has 4 heteroatoms. The third-order valence-corrected chi connectivity index (χ3v) is 2.78. The maximum absolute atomic E-state index is 10.2. The topological polar surface area (TPSA) is 47.9 Å². The van der Waals surface area contributed by atoms with Gasteiger partial charge in [-0.25, -0.2) is 0 Å². The smallest absolute Gasteiger partial charge is 0.161 e. The minimum atomic E-state index is -0.671. The molecule has 0 aliphatic rings.